The van der Waals surface area contributed by atoms with Crippen molar-refractivity contribution in [3.63, 3.8) is 0 Å². The quantitative estimate of drug-likeness (QED) is 0.359. The number of aryl methyl sites for hydroxylation is 1. The fourth-order valence-corrected chi connectivity index (χ4v) is 3.75. The van der Waals surface area contributed by atoms with Crippen LogP contribution in [-0.2, 0) is 13.1 Å². The van der Waals surface area contributed by atoms with Crippen LogP contribution in [0.2, 0.25) is 10.0 Å². The van der Waals surface area contributed by atoms with Gasteiger partial charge in [0.2, 0.25) is 0 Å². The highest BCUT2D eigenvalue weighted by Crippen LogP contribution is 2.25. The summed E-state index contributed by atoms with van der Waals surface area (Å²) < 4.78 is 3.60. The molecule has 31 heavy (non-hydrogen) atoms. The summed E-state index contributed by atoms with van der Waals surface area (Å²) in [6.45, 7) is 3.23. The van der Waals surface area contributed by atoms with Crippen molar-refractivity contribution < 1.29 is 0 Å². The van der Waals surface area contributed by atoms with Gasteiger partial charge in [0.25, 0.3) is 0 Å². The molecule has 9 heteroatoms. The van der Waals surface area contributed by atoms with Gasteiger partial charge in [-0.15, -0.1) is 0 Å². The monoisotopic (exact) mass is 470 g/mol. The molecule has 0 unspecified atom stereocenters. The molecule has 0 aliphatic rings. The minimum absolute atomic E-state index is 0.404. The first kappa shape index (κ1) is 21.4. The molecule has 0 spiro atoms. The van der Waals surface area contributed by atoms with Crippen molar-refractivity contribution in [3.05, 3.63) is 93.7 Å². The Bertz CT molecular complexity index is 1180. The lowest BCUT2D eigenvalue weighted by atomic mass is 10.1. The average molecular weight is 471 g/mol. The van der Waals surface area contributed by atoms with Crippen molar-refractivity contribution in [2.24, 2.45) is 0 Å². The van der Waals surface area contributed by atoms with E-state index in [1.54, 1.807) is 4.68 Å². The Hall–Kier alpha value is -2.87. The third-order valence-corrected chi connectivity index (χ3v) is 5.52. The largest absolute Gasteiger partial charge is 0.316 e. The van der Waals surface area contributed by atoms with Crippen molar-refractivity contribution >= 4 is 52.2 Å². The van der Waals surface area contributed by atoms with Gasteiger partial charge in [0.15, 0.2) is 16.7 Å². The van der Waals surface area contributed by atoms with Gasteiger partial charge in [0.1, 0.15) is 0 Å². The van der Waals surface area contributed by atoms with Crippen molar-refractivity contribution in [2.45, 2.75) is 20.0 Å². The number of hydrogen-bond acceptors (Lipinski definition) is 3. The summed E-state index contributed by atoms with van der Waals surface area (Å²) in [5.74, 6) is 1.27. The summed E-state index contributed by atoms with van der Waals surface area (Å²) in [7, 11) is 0. The topological polar surface area (TPSA) is 59.7 Å². The van der Waals surface area contributed by atoms with Crippen LogP contribution in [-0.4, -0.2) is 24.7 Å². The number of nitrogens with zero attached hydrogens (tertiary/aromatic N) is 4. The Labute approximate surface area is 195 Å². The molecular formula is C22H20Cl2N6S. The molecule has 0 aliphatic heterocycles. The minimum Gasteiger partial charge on any atom is -0.316 e. The predicted molar refractivity (Wildman–Crippen MR) is 130 cm³/mol. The molecule has 0 saturated heterocycles. The molecule has 0 aliphatic carbocycles. The average Bonchev–Trinajstić information content (AvgIpc) is 3.36. The van der Waals surface area contributed by atoms with Gasteiger partial charge < -0.3 is 10.6 Å². The number of hydrogen-bond donors (Lipinski definition) is 2. The number of aromatic nitrogens is 4. The zero-order chi connectivity index (χ0) is 21.8. The molecule has 158 valence electrons. The molecule has 4 rings (SSSR count). The second-order valence-electron chi connectivity index (χ2n) is 7.06. The van der Waals surface area contributed by atoms with E-state index in [9.17, 15) is 0 Å². The number of nitrogens with one attached hydrogen (secondary N) is 2. The van der Waals surface area contributed by atoms with E-state index in [1.807, 2.05) is 47.4 Å². The second kappa shape index (κ2) is 9.51. The first-order valence-corrected chi connectivity index (χ1v) is 10.8. The molecule has 4 aromatic rings. The molecule has 6 nitrogen and oxygen atoms in total. The Morgan fingerprint density at radius 2 is 1.39 bits per heavy atom. The molecule has 2 aromatic heterocycles. The van der Waals surface area contributed by atoms with Gasteiger partial charge in [-0.05, 0) is 36.8 Å². The maximum absolute atomic E-state index is 6.24. The van der Waals surface area contributed by atoms with Crippen molar-refractivity contribution in [1.29, 1.82) is 0 Å². The molecule has 0 saturated carbocycles. The van der Waals surface area contributed by atoms with Crippen molar-refractivity contribution in [2.75, 3.05) is 10.6 Å². The van der Waals surface area contributed by atoms with Crippen LogP contribution in [0, 0.1) is 6.92 Å². The first-order chi connectivity index (χ1) is 15.0. The van der Waals surface area contributed by atoms with E-state index in [2.05, 4.69) is 52.0 Å². The zero-order valence-corrected chi connectivity index (χ0v) is 19.0. The highest BCUT2D eigenvalue weighted by Gasteiger charge is 2.09. The summed E-state index contributed by atoms with van der Waals surface area (Å²) in [6, 6.07) is 17.5. The molecule has 0 atom stereocenters. The van der Waals surface area contributed by atoms with E-state index in [-0.39, 0.29) is 0 Å². The van der Waals surface area contributed by atoms with Gasteiger partial charge in [-0.3, -0.25) is 9.36 Å². The van der Waals surface area contributed by atoms with Crippen LogP contribution in [0.15, 0.2) is 67.0 Å². The Morgan fingerprint density at radius 3 is 1.97 bits per heavy atom. The second-order valence-corrected chi connectivity index (χ2v) is 8.28. The molecule has 2 N–H and O–H groups in total. The lowest BCUT2D eigenvalue weighted by Gasteiger charge is -2.08. The zero-order valence-electron chi connectivity index (χ0n) is 16.7. The number of benzene rings is 2. The Kier molecular flexibility index (Phi) is 6.56. The van der Waals surface area contributed by atoms with Gasteiger partial charge in [-0.1, -0.05) is 59.1 Å². The fourth-order valence-electron chi connectivity index (χ4n) is 3.02. The maximum atomic E-state index is 6.24. The highest BCUT2D eigenvalue weighted by molar-refractivity contribution is 7.80. The summed E-state index contributed by atoms with van der Waals surface area (Å²) >= 11 is 17.9. The maximum Gasteiger partial charge on any atom is 0.177 e. The van der Waals surface area contributed by atoms with E-state index >= 15 is 0 Å². The van der Waals surface area contributed by atoms with Crippen LogP contribution < -0.4 is 10.6 Å². The lowest BCUT2D eigenvalue weighted by Crippen LogP contribution is -2.20. The number of anilines is 2. The van der Waals surface area contributed by atoms with E-state index in [4.69, 9.17) is 35.4 Å². The van der Waals surface area contributed by atoms with E-state index < -0.39 is 0 Å². The smallest absolute Gasteiger partial charge is 0.177 e. The Balaban J connectivity index is 1.33. The summed E-state index contributed by atoms with van der Waals surface area (Å²) in [6.07, 6.45) is 3.74. The molecule has 0 fully saturated rings. The third kappa shape index (κ3) is 5.64. The summed E-state index contributed by atoms with van der Waals surface area (Å²) in [5, 5.41) is 16.7. The van der Waals surface area contributed by atoms with Crippen molar-refractivity contribution in [1.82, 2.24) is 19.6 Å². The standard InChI is InChI=1S/C22H20Cl2N6S/c1-15-5-7-16(8-6-15)13-29-11-9-20(27-29)25-22(31)26-21-10-12-30(28-21)14-17-18(23)3-2-4-19(17)24/h2-12H,13-14H2,1H3,(H2,25,26,27,28,31). The normalized spacial score (nSPS) is 10.8. The fraction of sp³-hybridized carbons (Fsp3) is 0.136. The molecule has 0 bridgehead atoms. The predicted octanol–water partition coefficient (Wildman–Crippen LogP) is 5.60. The summed E-state index contributed by atoms with van der Waals surface area (Å²) in [5.41, 5.74) is 3.24. The van der Waals surface area contributed by atoms with Crippen LogP contribution in [0.3, 0.4) is 0 Å². The van der Waals surface area contributed by atoms with E-state index in [1.165, 1.54) is 11.1 Å². The molecule has 0 amide bonds. The van der Waals surface area contributed by atoms with Gasteiger partial charge in [0, 0.05) is 40.1 Å². The van der Waals surface area contributed by atoms with Crippen LogP contribution >= 0.6 is 35.4 Å². The number of thiocarbonyl (C=S) groups is 1. The highest BCUT2D eigenvalue weighted by atomic mass is 35.5. The lowest BCUT2D eigenvalue weighted by molar-refractivity contribution is 0.689. The van der Waals surface area contributed by atoms with Crippen LogP contribution in [0.5, 0.6) is 0 Å². The third-order valence-electron chi connectivity index (χ3n) is 4.61. The van der Waals surface area contributed by atoms with Crippen LogP contribution in [0.4, 0.5) is 11.6 Å². The van der Waals surface area contributed by atoms with E-state index in [0.717, 1.165) is 5.56 Å². The van der Waals surface area contributed by atoms with Gasteiger partial charge in [-0.25, -0.2) is 0 Å². The van der Waals surface area contributed by atoms with E-state index in [0.29, 0.717) is 39.9 Å². The Morgan fingerprint density at radius 1 is 0.839 bits per heavy atom. The van der Waals surface area contributed by atoms with Gasteiger partial charge in [0.05, 0.1) is 13.1 Å². The molecule has 2 aromatic carbocycles. The first-order valence-electron chi connectivity index (χ1n) is 9.59. The molecule has 2 heterocycles. The number of halogens is 2. The SMILES string of the molecule is Cc1ccc(Cn2ccc(NC(=S)Nc3ccn(Cc4c(Cl)cccc4Cl)n3)n2)cc1. The number of rotatable bonds is 6. The van der Waals surface area contributed by atoms with Gasteiger partial charge >= 0.3 is 0 Å². The molecular weight excluding hydrogens is 451 g/mol. The van der Waals surface area contributed by atoms with Crippen LogP contribution in [0.25, 0.3) is 0 Å². The minimum atomic E-state index is 0.404. The van der Waals surface area contributed by atoms with Crippen LogP contribution in [0.1, 0.15) is 16.7 Å². The van der Waals surface area contributed by atoms with Gasteiger partial charge in [-0.2, -0.15) is 10.2 Å². The van der Waals surface area contributed by atoms with Crippen molar-refractivity contribution in [3.8, 4) is 0 Å². The summed E-state index contributed by atoms with van der Waals surface area (Å²) in [4.78, 5) is 0. The molecule has 0 radical (unpaired) electrons.